The molecule has 2 aliphatic rings. The van der Waals surface area contributed by atoms with E-state index in [2.05, 4.69) is 38.0 Å². The molecule has 7 nitrogen and oxygen atoms in total. The number of halogens is 1. The second kappa shape index (κ2) is 10.3. The maximum Gasteiger partial charge on any atom is 0.252 e. The van der Waals surface area contributed by atoms with Crippen LogP contribution >= 0.6 is 15.9 Å². The zero-order valence-corrected chi connectivity index (χ0v) is 19.5. The smallest absolute Gasteiger partial charge is 0.252 e. The lowest BCUT2D eigenvalue weighted by molar-refractivity contribution is 0.0947. The summed E-state index contributed by atoms with van der Waals surface area (Å²) < 4.78 is 27.6. The van der Waals surface area contributed by atoms with Crippen LogP contribution in [0, 0.1) is 0 Å². The highest BCUT2D eigenvalue weighted by Crippen LogP contribution is 2.25. The molecule has 0 atom stereocenters. The normalized spacial score (nSPS) is 19.5. The van der Waals surface area contributed by atoms with Gasteiger partial charge in [-0.15, -0.1) is 0 Å². The lowest BCUT2D eigenvalue weighted by atomic mass is 10.2. The molecule has 1 amide bonds. The van der Waals surface area contributed by atoms with E-state index in [0.29, 0.717) is 29.7 Å². The fourth-order valence-electron chi connectivity index (χ4n) is 3.85. The summed E-state index contributed by atoms with van der Waals surface area (Å²) in [7, 11) is -3.54. The SMILES string of the molecule is CCN1CCN(CCCNC(=O)c2cc(S(=O)(=O)N3CCCC3)ccc2Br)CC1. The van der Waals surface area contributed by atoms with Gasteiger partial charge in [-0.1, -0.05) is 6.92 Å². The third-order valence-electron chi connectivity index (χ3n) is 5.73. The van der Waals surface area contributed by atoms with Crippen molar-refractivity contribution >= 4 is 31.9 Å². The maximum absolute atomic E-state index is 12.8. The van der Waals surface area contributed by atoms with Crippen LogP contribution in [0.2, 0.25) is 0 Å². The van der Waals surface area contributed by atoms with E-state index in [9.17, 15) is 13.2 Å². The quantitative estimate of drug-likeness (QED) is 0.568. The lowest BCUT2D eigenvalue weighted by Gasteiger charge is -2.33. The zero-order valence-electron chi connectivity index (χ0n) is 17.1. The van der Waals surface area contributed by atoms with Crippen molar-refractivity contribution in [1.82, 2.24) is 19.4 Å². The summed E-state index contributed by atoms with van der Waals surface area (Å²) in [5, 5.41) is 2.93. The molecule has 1 aromatic carbocycles. The zero-order chi connectivity index (χ0) is 20.9. The molecule has 0 saturated carbocycles. The molecule has 3 rings (SSSR count). The summed E-state index contributed by atoms with van der Waals surface area (Å²) >= 11 is 3.38. The molecule has 2 aliphatic heterocycles. The number of benzene rings is 1. The minimum Gasteiger partial charge on any atom is -0.352 e. The van der Waals surface area contributed by atoms with E-state index in [1.165, 1.54) is 10.4 Å². The van der Waals surface area contributed by atoms with Gasteiger partial charge in [0.25, 0.3) is 5.91 Å². The fourth-order valence-corrected chi connectivity index (χ4v) is 5.82. The van der Waals surface area contributed by atoms with Crippen molar-refractivity contribution in [3.63, 3.8) is 0 Å². The van der Waals surface area contributed by atoms with Crippen molar-refractivity contribution in [2.24, 2.45) is 0 Å². The number of nitrogens with zero attached hydrogens (tertiary/aromatic N) is 3. The molecule has 1 aromatic rings. The van der Waals surface area contributed by atoms with Gasteiger partial charge in [-0.25, -0.2) is 8.42 Å². The number of nitrogens with one attached hydrogen (secondary N) is 1. The van der Waals surface area contributed by atoms with E-state index < -0.39 is 10.0 Å². The summed E-state index contributed by atoms with van der Waals surface area (Å²) in [6.07, 6.45) is 2.65. The fraction of sp³-hybridized carbons (Fsp3) is 0.650. The van der Waals surface area contributed by atoms with E-state index >= 15 is 0 Å². The van der Waals surface area contributed by atoms with Crippen LogP contribution in [0.3, 0.4) is 0 Å². The average Bonchev–Trinajstić information content (AvgIpc) is 3.27. The van der Waals surface area contributed by atoms with Crippen molar-refractivity contribution in [2.75, 3.05) is 58.9 Å². The number of likely N-dealkylation sites (N-methyl/N-ethyl adjacent to an activating group) is 1. The van der Waals surface area contributed by atoms with Gasteiger partial charge in [-0.3, -0.25) is 4.79 Å². The summed E-state index contributed by atoms with van der Waals surface area (Å²) in [6, 6.07) is 4.69. The van der Waals surface area contributed by atoms with Crippen molar-refractivity contribution < 1.29 is 13.2 Å². The predicted molar refractivity (Wildman–Crippen MR) is 118 cm³/mol. The van der Waals surface area contributed by atoms with Gasteiger partial charge in [-0.2, -0.15) is 4.31 Å². The van der Waals surface area contributed by atoms with Gasteiger partial charge in [-0.05, 0) is 66.5 Å². The second-order valence-corrected chi connectivity index (χ2v) is 10.4. The maximum atomic E-state index is 12.8. The van der Waals surface area contributed by atoms with Gasteiger partial charge < -0.3 is 15.1 Å². The van der Waals surface area contributed by atoms with Crippen LogP contribution in [0.5, 0.6) is 0 Å². The minimum atomic E-state index is -3.54. The largest absolute Gasteiger partial charge is 0.352 e. The van der Waals surface area contributed by atoms with Gasteiger partial charge in [0.15, 0.2) is 0 Å². The third kappa shape index (κ3) is 5.79. The first-order valence-electron chi connectivity index (χ1n) is 10.4. The van der Waals surface area contributed by atoms with E-state index in [0.717, 1.165) is 58.5 Å². The van der Waals surface area contributed by atoms with Crippen LogP contribution in [0.25, 0.3) is 0 Å². The molecule has 0 spiro atoms. The molecule has 0 unspecified atom stereocenters. The highest BCUT2D eigenvalue weighted by atomic mass is 79.9. The van der Waals surface area contributed by atoms with Crippen molar-refractivity contribution in [3.8, 4) is 0 Å². The van der Waals surface area contributed by atoms with Gasteiger partial charge in [0, 0.05) is 50.3 Å². The van der Waals surface area contributed by atoms with Gasteiger partial charge in [0.05, 0.1) is 10.5 Å². The summed E-state index contributed by atoms with van der Waals surface area (Å²) in [5.74, 6) is -0.244. The number of carbonyl (C=O) groups excluding carboxylic acids is 1. The molecule has 0 aromatic heterocycles. The van der Waals surface area contributed by atoms with Crippen LogP contribution in [-0.2, 0) is 10.0 Å². The molecule has 9 heteroatoms. The molecule has 2 saturated heterocycles. The van der Waals surface area contributed by atoms with Crippen LogP contribution in [0.4, 0.5) is 0 Å². The second-order valence-electron chi connectivity index (χ2n) is 7.64. The molecule has 0 bridgehead atoms. The Kier molecular flexibility index (Phi) is 8.09. The number of rotatable bonds is 8. The monoisotopic (exact) mass is 486 g/mol. The van der Waals surface area contributed by atoms with Crippen molar-refractivity contribution in [3.05, 3.63) is 28.2 Å². The lowest BCUT2D eigenvalue weighted by Crippen LogP contribution is -2.46. The van der Waals surface area contributed by atoms with Gasteiger partial charge in [0.2, 0.25) is 10.0 Å². The summed E-state index contributed by atoms with van der Waals surface area (Å²) in [4.78, 5) is 17.7. The molecule has 162 valence electrons. The molecule has 2 heterocycles. The Morgan fingerprint density at radius 3 is 2.38 bits per heavy atom. The topological polar surface area (TPSA) is 73.0 Å². The number of hydrogen-bond acceptors (Lipinski definition) is 5. The standard InChI is InChI=1S/C20H31BrN4O3S/c1-2-23-12-14-24(15-13-23)9-5-8-22-20(26)18-16-17(6-7-19(18)21)29(27,28)25-10-3-4-11-25/h6-7,16H,2-5,8-15H2,1H3,(H,22,26). The number of carbonyl (C=O) groups is 1. The highest BCUT2D eigenvalue weighted by molar-refractivity contribution is 9.10. The Morgan fingerprint density at radius 2 is 1.72 bits per heavy atom. The third-order valence-corrected chi connectivity index (χ3v) is 8.32. The summed E-state index contributed by atoms with van der Waals surface area (Å²) in [5.41, 5.74) is 0.363. The van der Waals surface area contributed by atoms with Crippen LogP contribution in [0.15, 0.2) is 27.6 Å². The van der Waals surface area contributed by atoms with Gasteiger partial charge in [0.1, 0.15) is 0 Å². The Labute approximate surface area is 182 Å². The number of piperazine rings is 1. The molecule has 2 fully saturated rings. The Morgan fingerprint density at radius 1 is 1.07 bits per heavy atom. The Bertz CT molecular complexity index is 804. The van der Waals surface area contributed by atoms with Crippen LogP contribution < -0.4 is 5.32 Å². The first kappa shape index (κ1) is 22.7. The number of amides is 1. The molecule has 1 N–H and O–H groups in total. The molecular weight excluding hydrogens is 456 g/mol. The number of sulfonamides is 1. The van der Waals surface area contributed by atoms with Crippen LogP contribution in [0.1, 0.15) is 36.5 Å². The van der Waals surface area contributed by atoms with Crippen molar-refractivity contribution in [1.29, 1.82) is 0 Å². The first-order chi connectivity index (χ1) is 13.9. The minimum absolute atomic E-state index is 0.182. The van der Waals surface area contributed by atoms with Crippen molar-refractivity contribution in [2.45, 2.75) is 31.1 Å². The van der Waals surface area contributed by atoms with Crippen LogP contribution in [-0.4, -0.2) is 87.3 Å². The molecule has 29 heavy (non-hydrogen) atoms. The van der Waals surface area contributed by atoms with E-state index in [-0.39, 0.29) is 10.8 Å². The Balaban J connectivity index is 1.53. The van der Waals surface area contributed by atoms with Gasteiger partial charge >= 0.3 is 0 Å². The molecular formula is C20H31BrN4O3S. The predicted octanol–water partition coefficient (Wildman–Crippen LogP) is 1.99. The highest BCUT2D eigenvalue weighted by Gasteiger charge is 2.28. The average molecular weight is 487 g/mol. The molecule has 0 radical (unpaired) electrons. The van der Waals surface area contributed by atoms with E-state index in [1.54, 1.807) is 12.1 Å². The Hall–Kier alpha value is -1.00. The first-order valence-corrected chi connectivity index (χ1v) is 12.7. The van der Waals surface area contributed by atoms with E-state index in [1.807, 2.05) is 0 Å². The van der Waals surface area contributed by atoms with E-state index in [4.69, 9.17) is 0 Å². The summed E-state index contributed by atoms with van der Waals surface area (Å²) in [6.45, 7) is 10.3. The number of hydrogen-bond donors (Lipinski definition) is 1. The molecule has 0 aliphatic carbocycles.